The topological polar surface area (TPSA) is 25.8 Å². The molecule has 4 heteroatoms. The van der Waals surface area contributed by atoms with Gasteiger partial charge >= 0.3 is 0 Å². The molecule has 0 aliphatic heterocycles. The lowest BCUT2D eigenvalue weighted by molar-refractivity contribution is 0.590. The van der Waals surface area contributed by atoms with Crippen molar-refractivity contribution in [1.29, 1.82) is 0 Å². The van der Waals surface area contributed by atoms with Crippen molar-refractivity contribution in [2.45, 2.75) is 54.9 Å². The van der Waals surface area contributed by atoms with Gasteiger partial charge in [-0.25, -0.2) is 9.97 Å². The molecular formula is C17H19ClN2S. The zero-order chi connectivity index (χ0) is 15.0. The molecule has 0 spiro atoms. The minimum absolute atomic E-state index is 0.181. The van der Waals surface area contributed by atoms with E-state index in [-0.39, 0.29) is 5.41 Å². The van der Waals surface area contributed by atoms with Crippen LogP contribution >= 0.6 is 23.4 Å². The van der Waals surface area contributed by atoms with E-state index in [0.717, 1.165) is 10.9 Å². The Morgan fingerprint density at radius 3 is 2.33 bits per heavy atom. The maximum absolute atomic E-state index is 6.11. The fourth-order valence-electron chi connectivity index (χ4n) is 2.13. The van der Waals surface area contributed by atoms with Crippen molar-refractivity contribution < 1.29 is 0 Å². The number of hydrogen-bond donors (Lipinski definition) is 0. The average Bonchev–Trinajstić information content (AvgIpc) is 3.21. The molecule has 2 nitrogen and oxygen atoms in total. The molecule has 1 saturated carbocycles. The number of benzene rings is 1. The maximum Gasteiger partial charge on any atom is 0.134 e. The summed E-state index contributed by atoms with van der Waals surface area (Å²) in [5.74, 6) is 1.42. The largest absolute Gasteiger partial charge is 0.226 e. The van der Waals surface area contributed by atoms with Gasteiger partial charge in [0.2, 0.25) is 0 Å². The van der Waals surface area contributed by atoms with E-state index >= 15 is 0 Å². The van der Waals surface area contributed by atoms with Crippen LogP contribution in [0, 0.1) is 0 Å². The molecule has 1 aliphatic rings. The van der Waals surface area contributed by atoms with Gasteiger partial charge in [0.15, 0.2) is 0 Å². The van der Waals surface area contributed by atoms with Crippen molar-refractivity contribution in [2.24, 2.45) is 0 Å². The van der Waals surface area contributed by atoms with E-state index < -0.39 is 0 Å². The smallest absolute Gasteiger partial charge is 0.134 e. The van der Waals surface area contributed by atoms with Crippen molar-refractivity contribution in [3.05, 3.63) is 46.9 Å². The lowest BCUT2D eigenvalue weighted by Gasteiger charge is -2.19. The van der Waals surface area contributed by atoms with E-state index in [0.29, 0.717) is 11.1 Å². The molecule has 0 atom stereocenters. The maximum atomic E-state index is 6.11. The first kappa shape index (κ1) is 14.9. The summed E-state index contributed by atoms with van der Waals surface area (Å²) in [6.45, 7) is 6.67. The predicted octanol–water partition coefficient (Wildman–Crippen LogP) is 5.46. The monoisotopic (exact) mass is 318 g/mol. The van der Waals surface area contributed by atoms with Gasteiger partial charge in [-0.1, -0.05) is 56.3 Å². The minimum Gasteiger partial charge on any atom is -0.226 e. The molecule has 0 N–H and O–H groups in total. The molecule has 0 amide bonds. The standard InChI is InChI=1S/C17H19ClN2S/c1-17(2,3)12-6-8-13(9-7-12)21-15-10-14(18)19-16(20-15)11-4-5-11/h6-11H,4-5H2,1-3H3. The summed E-state index contributed by atoms with van der Waals surface area (Å²) < 4.78 is 0. The van der Waals surface area contributed by atoms with Crippen LogP contribution in [0.25, 0.3) is 0 Å². The predicted molar refractivity (Wildman–Crippen MR) is 88.3 cm³/mol. The lowest BCUT2D eigenvalue weighted by atomic mass is 9.87. The van der Waals surface area contributed by atoms with Crippen LogP contribution in [-0.2, 0) is 5.41 Å². The van der Waals surface area contributed by atoms with Crippen LogP contribution < -0.4 is 0 Å². The minimum atomic E-state index is 0.181. The van der Waals surface area contributed by atoms with Gasteiger partial charge < -0.3 is 0 Å². The molecule has 1 aliphatic carbocycles. The summed E-state index contributed by atoms with van der Waals surface area (Å²) >= 11 is 7.75. The highest BCUT2D eigenvalue weighted by molar-refractivity contribution is 7.99. The summed E-state index contributed by atoms with van der Waals surface area (Å²) in [5.41, 5.74) is 1.52. The summed E-state index contributed by atoms with van der Waals surface area (Å²) in [6.07, 6.45) is 2.37. The highest BCUT2D eigenvalue weighted by Gasteiger charge is 2.27. The Hall–Kier alpha value is -1.06. The highest BCUT2D eigenvalue weighted by Crippen LogP contribution is 2.39. The Bertz CT molecular complexity index is 643. The summed E-state index contributed by atoms with van der Waals surface area (Å²) in [6, 6.07) is 10.5. The number of aromatic nitrogens is 2. The van der Waals surface area contributed by atoms with Gasteiger partial charge in [-0.15, -0.1) is 0 Å². The second-order valence-corrected chi connectivity index (χ2v) is 8.02. The average molecular weight is 319 g/mol. The number of nitrogens with zero attached hydrogens (tertiary/aromatic N) is 2. The Balaban J connectivity index is 1.80. The Labute approximate surface area is 135 Å². The summed E-state index contributed by atoms with van der Waals surface area (Å²) in [5, 5.41) is 1.47. The number of halogens is 1. The van der Waals surface area contributed by atoms with E-state index in [4.69, 9.17) is 11.6 Å². The van der Waals surface area contributed by atoms with Gasteiger partial charge in [0, 0.05) is 16.9 Å². The molecule has 0 unspecified atom stereocenters. The summed E-state index contributed by atoms with van der Waals surface area (Å²) in [7, 11) is 0. The van der Waals surface area contributed by atoms with E-state index in [2.05, 4.69) is 55.0 Å². The van der Waals surface area contributed by atoms with E-state index in [9.17, 15) is 0 Å². The summed E-state index contributed by atoms with van der Waals surface area (Å²) in [4.78, 5) is 10.1. The molecule has 3 rings (SSSR count). The second kappa shape index (κ2) is 5.62. The quantitative estimate of drug-likeness (QED) is 0.703. The molecule has 0 saturated heterocycles. The molecule has 2 aromatic rings. The van der Waals surface area contributed by atoms with E-state index in [1.165, 1.54) is 23.3 Å². The Morgan fingerprint density at radius 2 is 1.76 bits per heavy atom. The van der Waals surface area contributed by atoms with Crippen LogP contribution in [-0.4, -0.2) is 9.97 Å². The van der Waals surface area contributed by atoms with Crippen LogP contribution in [0.1, 0.15) is 50.9 Å². The zero-order valence-electron chi connectivity index (χ0n) is 12.6. The lowest BCUT2D eigenvalue weighted by Crippen LogP contribution is -2.10. The Kier molecular flexibility index (Phi) is 3.98. The molecule has 1 fully saturated rings. The first-order valence-electron chi connectivity index (χ1n) is 7.25. The second-order valence-electron chi connectivity index (χ2n) is 6.54. The van der Waals surface area contributed by atoms with Crippen molar-refractivity contribution in [3.63, 3.8) is 0 Å². The number of rotatable bonds is 3. The van der Waals surface area contributed by atoms with Gasteiger partial charge in [0.25, 0.3) is 0 Å². The number of hydrogen-bond acceptors (Lipinski definition) is 3. The molecule has 1 heterocycles. The third-order valence-corrected chi connectivity index (χ3v) is 4.69. The van der Waals surface area contributed by atoms with Gasteiger partial charge in [-0.2, -0.15) is 0 Å². The zero-order valence-corrected chi connectivity index (χ0v) is 14.1. The molecule has 0 radical (unpaired) electrons. The van der Waals surface area contributed by atoms with Crippen LogP contribution in [0.3, 0.4) is 0 Å². The molecular weight excluding hydrogens is 300 g/mol. The highest BCUT2D eigenvalue weighted by atomic mass is 35.5. The SMILES string of the molecule is CC(C)(C)c1ccc(Sc2cc(Cl)nc(C3CC3)n2)cc1. The first-order chi connectivity index (χ1) is 9.91. The normalized spacial score (nSPS) is 15.2. The van der Waals surface area contributed by atoms with E-state index in [1.54, 1.807) is 11.8 Å². The van der Waals surface area contributed by atoms with Crippen molar-refractivity contribution in [1.82, 2.24) is 9.97 Å². The third-order valence-electron chi connectivity index (χ3n) is 3.57. The van der Waals surface area contributed by atoms with Gasteiger partial charge in [0.05, 0.1) is 0 Å². The molecule has 1 aromatic heterocycles. The van der Waals surface area contributed by atoms with Gasteiger partial charge in [0.1, 0.15) is 16.0 Å². The van der Waals surface area contributed by atoms with Crippen LogP contribution in [0.4, 0.5) is 0 Å². The van der Waals surface area contributed by atoms with Crippen LogP contribution in [0.5, 0.6) is 0 Å². The molecule has 110 valence electrons. The first-order valence-corrected chi connectivity index (χ1v) is 8.44. The van der Waals surface area contributed by atoms with E-state index in [1.807, 2.05) is 6.07 Å². The van der Waals surface area contributed by atoms with Crippen molar-refractivity contribution >= 4 is 23.4 Å². The van der Waals surface area contributed by atoms with Crippen LogP contribution in [0.2, 0.25) is 5.15 Å². The fourth-order valence-corrected chi connectivity index (χ4v) is 3.21. The van der Waals surface area contributed by atoms with Crippen LogP contribution in [0.15, 0.2) is 40.3 Å². The fraction of sp³-hybridized carbons (Fsp3) is 0.412. The molecule has 21 heavy (non-hydrogen) atoms. The third kappa shape index (κ3) is 3.78. The van der Waals surface area contributed by atoms with Crippen molar-refractivity contribution in [3.8, 4) is 0 Å². The molecule has 1 aromatic carbocycles. The molecule has 0 bridgehead atoms. The van der Waals surface area contributed by atoms with Gasteiger partial charge in [-0.3, -0.25) is 0 Å². The Morgan fingerprint density at radius 1 is 1.10 bits per heavy atom. The van der Waals surface area contributed by atoms with Gasteiger partial charge in [-0.05, 0) is 36.0 Å². The van der Waals surface area contributed by atoms with Crippen molar-refractivity contribution in [2.75, 3.05) is 0 Å².